The van der Waals surface area contributed by atoms with Crippen molar-refractivity contribution < 1.29 is 24.2 Å². The molecule has 1 saturated heterocycles. The zero-order valence-corrected chi connectivity index (χ0v) is 19.7. The van der Waals surface area contributed by atoms with Crippen LogP contribution < -0.4 is 15.8 Å². The Morgan fingerprint density at radius 2 is 1.91 bits per heavy atom. The van der Waals surface area contributed by atoms with Crippen molar-refractivity contribution in [3.8, 4) is 5.75 Å². The van der Waals surface area contributed by atoms with Crippen molar-refractivity contribution in [2.24, 2.45) is 5.73 Å². The summed E-state index contributed by atoms with van der Waals surface area (Å²) < 4.78 is 5.77. The predicted octanol–water partition coefficient (Wildman–Crippen LogP) is 2.77. The minimum Gasteiger partial charge on any atom is -0.494 e. The van der Waals surface area contributed by atoms with Crippen LogP contribution in [0.3, 0.4) is 0 Å². The summed E-state index contributed by atoms with van der Waals surface area (Å²) in [5, 5.41) is 20.3. The normalized spacial score (nSPS) is 15.4. The van der Waals surface area contributed by atoms with Gasteiger partial charge in [0, 0.05) is 28.7 Å². The molecular formula is C23H24Cl2N4O5. The molecule has 1 fully saturated rings. The van der Waals surface area contributed by atoms with Crippen molar-refractivity contribution in [3.63, 3.8) is 0 Å². The van der Waals surface area contributed by atoms with Gasteiger partial charge in [0.25, 0.3) is 0 Å². The number of amides is 2. The van der Waals surface area contributed by atoms with Crippen molar-refractivity contribution in [3.05, 3.63) is 63.6 Å². The van der Waals surface area contributed by atoms with Gasteiger partial charge in [-0.2, -0.15) is 0 Å². The molecule has 1 unspecified atom stereocenters. The molecule has 2 aromatic rings. The molecular weight excluding hydrogens is 483 g/mol. The maximum atomic E-state index is 12.8. The van der Waals surface area contributed by atoms with Crippen LogP contribution in [0.5, 0.6) is 5.75 Å². The minimum atomic E-state index is -1.38. The number of nitrogens with zero attached hydrogens (tertiary/aromatic N) is 1. The summed E-state index contributed by atoms with van der Waals surface area (Å²) in [7, 11) is 0. The second kappa shape index (κ2) is 10.8. The summed E-state index contributed by atoms with van der Waals surface area (Å²) in [4.78, 5) is 38.2. The minimum absolute atomic E-state index is 0.0555. The molecule has 1 aliphatic rings. The molecule has 34 heavy (non-hydrogen) atoms. The number of piperazine rings is 1. The maximum absolute atomic E-state index is 12.8. The lowest BCUT2D eigenvalue weighted by Crippen LogP contribution is -2.60. The van der Waals surface area contributed by atoms with E-state index >= 15 is 0 Å². The number of rotatable bonds is 10. The third kappa shape index (κ3) is 5.60. The number of aliphatic carboxylic acids is 1. The van der Waals surface area contributed by atoms with E-state index in [9.17, 15) is 19.5 Å². The summed E-state index contributed by atoms with van der Waals surface area (Å²) in [6, 6.07) is 11.3. The first-order valence-electron chi connectivity index (χ1n) is 10.5. The first kappa shape index (κ1) is 25.3. The SMILES string of the molecule is N=C(N)c1ccc(OCCCC(CC(=O)O)(c2ccc(Cl)cc2Cl)N2CCNC(=O)C2=O)cc1. The van der Waals surface area contributed by atoms with E-state index in [2.05, 4.69) is 5.32 Å². The lowest BCUT2D eigenvalue weighted by atomic mass is 9.80. The molecule has 180 valence electrons. The third-order valence-corrected chi connectivity index (χ3v) is 6.17. The summed E-state index contributed by atoms with van der Waals surface area (Å²) in [5.41, 5.74) is 5.03. The number of nitrogens with one attached hydrogen (secondary N) is 2. The molecule has 1 atom stereocenters. The lowest BCUT2D eigenvalue weighted by Gasteiger charge is -2.45. The maximum Gasteiger partial charge on any atom is 0.312 e. The zero-order chi connectivity index (χ0) is 24.9. The molecule has 9 nitrogen and oxygen atoms in total. The number of halogens is 2. The number of nitrogen functional groups attached to an aromatic ring is 1. The van der Waals surface area contributed by atoms with Gasteiger partial charge in [0.1, 0.15) is 11.6 Å². The van der Waals surface area contributed by atoms with Gasteiger partial charge in [0.2, 0.25) is 0 Å². The molecule has 5 N–H and O–H groups in total. The van der Waals surface area contributed by atoms with E-state index in [0.29, 0.717) is 28.3 Å². The van der Waals surface area contributed by atoms with Crippen molar-refractivity contribution in [2.75, 3.05) is 19.7 Å². The highest BCUT2D eigenvalue weighted by Gasteiger charge is 2.47. The van der Waals surface area contributed by atoms with E-state index < -0.39 is 29.7 Å². The molecule has 11 heteroatoms. The van der Waals surface area contributed by atoms with Gasteiger partial charge in [-0.25, -0.2) is 0 Å². The number of nitrogens with two attached hydrogens (primary N) is 1. The van der Waals surface area contributed by atoms with Crippen molar-refractivity contribution >= 4 is 46.8 Å². The molecule has 0 saturated carbocycles. The van der Waals surface area contributed by atoms with Gasteiger partial charge in [-0.3, -0.25) is 19.8 Å². The van der Waals surface area contributed by atoms with E-state index in [4.69, 9.17) is 39.1 Å². The Balaban J connectivity index is 1.89. The van der Waals surface area contributed by atoms with Crippen LogP contribution in [0.4, 0.5) is 0 Å². The molecule has 0 aromatic heterocycles. The van der Waals surface area contributed by atoms with Crippen LogP contribution in [-0.2, 0) is 19.9 Å². The Kier molecular flexibility index (Phi) is 8.01. The van der Waals surface area contributed by atoms with Gasteiger partial charge in [0.15, 0.2) is 0 Å². The van der Waals surface area contributed by atoms with Crippen LogP contribution >= 0.6 is 23.2 Å². The topological polar surface area (TPSA) is 146 Å². The number of carboxylic acids is 1. The number of carbonyl (C=O) groups excluding carboxylic acids is 2. The highest BCUT2D eigenvalue weighted by molar-refractivity contribution is 6.36. The Bertz CT molecular complexity index is 1110. The number of benzene rings is 2. The average molecular weight is 507 g/mol. The van der Waals surface area contributed by atoms with Gasteiger partial charge < -0.3 is 25.8 Å². The summed E-state index contributed by atoms with van der Waals surface area (Å²) in [6.45, 7) is 0.528. The summed E-state index contributed by atoms with van der Waals surface area (Å²) >= 11 is 12.5. The summed E-state index contributed by atoms with van der Waals surface area (Å²) in [5.74, 6) is -2.27. The Morgan fingerprint density at radius 1 is 1.21 bits per heavy atom. The first-order chi connectivity index (χ1) is 16.1. The number of ether oxygens (including phenoxy) is 1. The zero-order valence-electron chi connectivity index (χ0n) is 18.1. The van der Waals surface area contributed by atoms with Gasteiger partial charge in [0.05, 0.1) is 18.6 Å². The lowest BCUT2D eigenvalue weighted by molar-refractivity contribution is -0.157. The van der Waals surface area contributed by atoms with Crippen LogP contribution in [0.25, 0.3) is 0 Å². The fraction of sp³-hybridized carbons (Fsp3) is 0.304. The van der Waals surface area contributed by atoms with Gasteiger partial charge in [-0.1, -0.05) is 29.3 Å². The summed E-state index contributed by atoms with van der Waals surface area (Å²) in [6.07, 6.45) is 0.0674. The van der Waals surface area contributed by atoms with Gasteiger partial charge in [-0.15, -0.1) is 0 Å². The monoisotopic (exact) mass is 506 g/mol. The number of hydrogen-bond donors (Lipinski definition) is 4. The number of carbonyl (C=O) groups is 3. The van der Waals surface area contributed by atoms with Crippen LogP contribution in [0.15, 0.2) is 42.5 Å². The average Bonchev–Trinajstić information content (AvgIpc) is 2.78. The van der Waals surface area contributed by atoms with E-state index in [1.807, 2.05) is 0 Å². The molecule has 1 heterocycles. The first-order valence-corrected chi connectivity index (χ1v) is 11.2. The Hall–Kier alpha value is -3.30. The quantitative estimate of drug-likeness (QED) is 0.168. The van der Waals surface area contributed by atoms with E-state index in [1.54, 1.807) is 36.4 Å². The molecule has 0 spiro atoms. The second-order valence-electron chi connectivity index (χ2n) is 7.83. The Morgan fingerprint density at radius 3 is 2.53 bits per heavy atom. The standard InChI is InChI=1S/C23H24Cl2N4O5/c24-15-4-7-17(18(25)12-15)23(13-19(30)31,29-10-9-28-21(32)22(29)33)8-1-11-34-16-5-2-14(3-6-16)20(26)27/h2-7,12H,1,8-11,13H2,(H3,26,27)(H,28,32)(H,30,31). The molecule has 0 aliphatic carbocycles. The molecule has 2 amide bonds. The molecule has 1 aliphatic heterocycles. The largest absolute Gasteiger partial charge is 0.494 e. The smallest absolute Gasteiger partial charge is 0.312 e. The van der Waals surface area contributed by atoms with E-state index in [-0.39, 0.29) is 37.0 Å². The van der Waals surface area contributed by atoms with E-state index in [1.165, 1.54) is 11.0 Å². The number of carboxylic acid groups (broad SMARTS) is 1. The fourth-order valence-corrected chi connectivity index (χ4v) is 4.67. The van der Waals surface area contributed by atoms with E-state index in [0.717, 1.165) is 0 Å². The molecule has 2 aromatic carbocycles. The Labute approximate surface area is 206 Å². The van der Waals surface area contributed by atoms with Gasteiger partial charge >= 0.3 is 17.8 Å². The number of hydrogen-bond acceptors (Lipinski definition) is 5. The molecule has 0 radical (unpaired) electrons. The highest BCUT2D eigenvalue weighted by atomic mass is 35.5. The van der Waals surface area contributed by atoms with Crippen LogP contribution in [-0.4, -0.2) is 53.3 Å². The van der Waals surface area contributed by atoms with Crippen LogP contribution in [0.1, 0.15) is 30.4 Å². The highest BCUT2D eigenvalue weighted by Crippen LogP contribution is 2.42. The van der Waals surface area contributed by atoms with Crippen LogP contribution in [0, 0.1) is 5.41 Å². The predicted molar refractivity (Wildman–Crippen MR) is 127 cm³/mol. The fourth-order valence-electron chi connectivity index (χ4n) is 4.09. The molecule has 3 rings (SSSR count). The molecule has 0 bridgehead atoms. The van der Waals surface area contributed by atoms with Crippen molar-refractivity contribution in [2.45, 2.75) is 24.8 Å². The van der Waals surface area contributed by atoms with Gasteiger partial charge in [-0.05, 0) is 54.8 Å². The van der Waals surface area contributed by atoms with Crippen LogP contribution in [0.2, 0.25) is 10.0 Å². The second-order valence-corrected chi connectivity index (χ2v) is 8.67. The number of amidine groups is 1. The van der Waals surface area contributed by atoms with Crippen molar-refractivity contribution in [1.29, 1.82) is 5.41 Å². The van der Waals surface area contributed by atoms with Crippen molar-refractivity contribution in [1.82, 2.24) is 10.2 Å². The third-order valence-electron chi connectivity index (χ3n) is 5.62.